The second kappa shape index (κ2) is 7.89. The number of carbonyl (C=O) groups is 2. The van der Waals surface area contributed by atoms with Gasteiger partial charge in [-0.25, -0.2) is 8.42 Å². The first kappa shape index (κ1) is 19.7. The molecule has 0 radical (unpaired) electrons. The number of ether oxygens (including phenoxy) is 2. The predicted molar refractivity (Wildman–Crippen MR) is 102 cm³/mol. The normalized spacial score (nSPS) is 14.3. The van der Waals surface area contributed by atoms with Crippen LogP contribution in [0.5, 0.6) is 11.5 Å². The summed E-state index contributed by atoms with van der Waals surface area (Å²) in [5.74, 6) is 0.351. The van der Waals surface area contributed by atoms with Gasteiger partial charge in [-0.1, -0.05) is 12.1 Å². The van der Waals surface area contributed by atoms with Crippen molar-refractivity contribution in [3.8, 4) is 11.5 Å². The number of carbonyl (C=O) groups excluding carboxylic acids is 2. The number of nitrogens with zero attached hydrogens (tertiary/aromatic N) is 1. The molecule has 2 aromatic rings. The van der Waals surface area contributed by atoms with Crippen molar-refractivity contribution in [2.24, 2.45) is 0 Å². The van der Waals surface area contributed by atoms with E-state index >= 15 is 0 Å². The fraction of sp³-hybridized carbons (Fsp3) is 0.263. The van der Waals surface area contributed by atoms with Crippen LogP contribution in [0.25, 0.3) is 0 Å². The number of nitrogens with one attached hydrogen (secondary N) is 1. The molecule has 1 heterocycles. The number of likely N-dealkylation sites (tertiary alicyclic amines) is 1. The Kier molecular flexibility index (Phi) is 5.55. The number of amides is 2. The van der Waals surface area contributed by atoms with E-state index in [-0.39, 0.29) is 36.1 Å². The van der Waals surface area contributed by atoms with Crippen molar-refractivity contribution in [3.05, 3.63) is 48.0 Å². The van der Waals surface area contributed by atoms with Crippen molar-refractivity contribution in [2.75, 3.05) is 18.9 Å². The third-order valence-electron chi connectivity index (χ3n) is 4.37. The number of hydrogen-bond donors (Lipinski definition) is 1. The van der Waals surface area contributed by atoms with Crippen molar-refractivity contribution in [3.63, 3.8) is 0 Å². The van der Waals surface area contributed by atoms with Crippen molar-refractivity contribution in [1.82, 2.24) is 4.90 Å². The quantitative estimate of drug-likeness (QED) is 0.710. The Labute approximate surface area is 163 Å². The van der Waals surface area contributed by atoms with Crippen molar-refractivity contribution in [2.45, 2.75) is 24.3 Å². The van der Waals surface area contributed by atoms with Crippen LogP contribution < -0.4 is 14.2 Å². The number of sulfonamides is 1. The van der Waals surface area contributed by atoms with E-state index in [1.54, 1.807) is 24.3 Å². The van der Waals surface area contributed by atoms with Gasteiger partial charge in [0, 0.05) is 24.6 Å². The summed E-state index contributed by atoms with van der Waals surface area (Å²) in [7, 11) is -0.934. The first-order valence-corrected chi connectivity index (χ1v) is 9.99. The molecule has 1 N–H and O–H groups in total. The Bertz CT molecular complexity index is 986. The minimum atomic E-state index is -3.83. The smallest absolute Gasteiger partial charge is 0.262 e. The number of hydrogen-bond acceptors (Lipinski definition) is 6. The summed E-state index contributed by atoms with van der Waals surface area (Å²) in [6.45, 7) is 0.181. The van der Waals surface area contributed by atoms with Gasteiger partial charge in [-0.3, -0.25) is 19.2 Å². The topological polar surface area (TPSA) is 102 Å². The van der Waals surface area contributed by atoms with Crippen LogP contribution in [-0.2, 0) is 26.2 Å². The number of imide groups is 1. The molecule has 28 heavy (non-hydrogen) atoms. The lowest BCUT2D eigenvalue weighted by molar-refractivity contribution is -0.139. The van der Waals surface area contributed by atoms with E-state index < -0.39 is 10.0 Å². The van der Waals surface area contributed by atoms with E-state index in [0.717, 1.165) is 5.56 Å². The summed E-state index contributed by atoms with van der Waals surface area (Å²) in [5.41, 5.74) is 1.09. The summed E-state index contributed by atoms with van der Waals surface area (Å²) < 4.78 is 38.0. The van der Waals surface area contributed by atoms with Gasteiger partial charge < -0.3 is 9.47 Å². The van der Waals surface area contributed by atoms with E-state index in [1.165, 1.54) is 37.3 Å². The highest BCUT2D eigenvalue weighted by Crippen LogP contribution is 2.30. The molecule has 148 valence electrons. The maximum absolute atomic E-state index is 12.6. The second-order valence-electron chi connectivity index (χ2n) is 6.19. The van der Waals surface area contributed by atoms with E-state index in [9.17, 15) is 18.0 Å². The van der Waals surface area contributed by atoms with Crippen LogP contribution in [-0.4, -0.2) is 39.4 Å². The van der Waals surface area contributed by atoms with Gasteiger partial charge >= 0.3 is 0 Å². The summed E-state index contributed by atoms with van der Waals surface area (Å²) >= 11 is 0. The fourth-order valence-corrected chi connectivity index (χ4v) is 3.93. The lowest BCUT2D eigenvalue weighted by Gasteiger charge is -2.14. The van der Waals surface area contributed by atoms with Gasteiger partial charge in [-0.2, -0.15) is 0 Å². The molecule has 1 aliphatic heterocycles. The first-order valence-electron chi connectivity index (χ1n) is 8.51. The molecule has 0 bridgehead atoms. The fourth-order valence-electron chi connectivity index (χ4n) is 2.86. The van der Waals surface area contributed by atoms with Crippen molar-refractivity contribution in [1.29, 1.82) is 0 Å². The maximum Gasteiger partial charge on any atom is 0.262 e. The van der Waals surface area contributed by atoms with Crippen LogP contribution in [0.2, 0.25) is 0 Å². The van der Waals surface area contributed by atoms with Crippen LogP contribution in [0.3, 0.4) is 0 Å². The highest BCUT2D eigenvalue weighted by atomic mass is 32.2. The number of methoxy groups -OCH3 is 2. The lowest BCUT2D eigenvalue weighted by Crippen LogP contribution is -2.28. The molecular weight excluding hydrogens is 384 g/mol. The number of anilines is 1. The molecule has 9 heteroatoms. The van der Waals surface area contributed by atoms with E-state index in [4.69, 9.17) is 9.47 Å². The van der Waals surface area contributed by atoms with Crippen molar-refractivity contribution < 1.29 is 27.5 Å². The van der Waals surface area contributed by atoms with Gasteiger partial charge in [-0.15, -0.1) is 0 Å². The molecule has 8 nitrogen and oxygen atoms in total. The molecule has 1 fully saturated rings. The van der Waals surface area contributed by atoms with Gasteiger partial charge in [0.05, 0.1) is 25.7 Å². The zero-order valence-electron chi connectivity index (χ0n) is 15.5. The lowest BCUT2D eigenvalue weighted by atomic mass is 10.2. The average molecular weight is 404 g/mol. The SMILES string of the molecule is COc1ccc(S(=O)(=O)Nc2ccc(CN3C(=O)CCC3=O)cc2)cc1OC. The Morgan fingerprint density at radius 2 is 1.54 bits per heavy atom. The summed E-state index contributed by atoms with van der Waals surface area (Å²) in [4.78, 5) is 24.6. The standard InChI is InChI=1S/C19H20N2O6S/c1-26-16-8-7-15(11-17(16)27-2)28(24,25)20-14-5-3-13(4-6-14)12-21-18(22)9-10-19(21)23/h3-8,11,20H,9-10,12H2,1-2H3. The highest BCUT2D eigenvalue weighted by molar-refractivity contribution is 7.92. The van der Waals surface area contributed by atoms with E-state index in [1.807, 2.05) is 0 Å². The minimum Gasteiger partial charge on any atom is -0.493 e. The van der Waals surface area contributed by atoms with E-state index in [2.05, 4.69) is 4.72 Å². The van der Waals surface area contributed by atoms with Gasteiger partial charge in [0.15, 0.2) is 11.5 Å². The molecule has 0 saturated carbocycles. The predicted octanol–water partition coefficient (Wildman–Crippen LogP) is 2.15. The average Bonchev–Trinajstić information content (AvgIpc) is 3.00. The highest BCUT2D eigenvalue weighted by Gasteiger charge is 2.28. The van der Waals surface area contributed by atoms with E-state index in [0.29, 0.717) is 17.2 Å². The molecule has 0 unspecified atom stereocenters. The molecule has 0 atom stereocenters. The minimum absolute atomic E-state index is 0.0301. The van der Waals surface area contributed by atoms with Gasteiger partial charge in [0.2, 0.25) is 11.8 Å². The molecule has 0 aliphatic carbocycles. The third kappa shape index (κ3) is 4.09. The van der Waals surface area contributed by atoms with Crippen LogP contribution in [0.15, 0.2) is 47.4 Å². The zero-order valence-corrected chi connectivity index (χ0v) is 16.3. The molecule has 2 amide bonds. The Hall–Kier alpha value is -3.07. The van der Waals surface area contributed by atoms with Gasteiger partial charge in [-0.05, 0) is 29.8 Å². The van der Waals surface area contributed by atoms with Gasteiger partial charge in [0.25, 0.3) is 10.0 Å². The third-order valence-corrected chi connectivity index (χ3v) is 5.75. The number of benzene rings is 2. The summed E-state index contributed by atoms with van der Waals surface area (Å²) in [6.07, 6.45) is 0.476. The molecule has 0 aromatic heterocycles. The van der Waals surface area contributed by atoms with Crippen molar-refractivity contribution >= 4 is 27.5 Å². The maximum atomic E-state index is 12.6. The molecule has 3 rings (SSSR count). The largest absolute Gasteiger partial charge is 0.493 e. The molecule has 2 aromatic carbocycles. The van der Waals surface area contributed by atoms with Gasteiger partial charge in [0.1, 0.15) is 0 Å². The summed E-state index contributed by atoms with van der Waals surface area (Å²) in [5, 5.41) is 0. The molecule has 1 aliphatic rings. The van der Waals surface area contributed by atoms with Crippen LogP contribution in [0, 0.1) is 0 Å². The molecule has 0 spiro atoms. The Morgan fingerprint density at radius 3 is 2.11 bits per heavy atom. The second-order valence-corrected chi connectivity index (χ2v) is 7.88. The zero-order chi connectivity index (χ0) is 20.3. The molecule has 1 saturated heterocycles. The first-order chi connectivity index (χ1) is 13.3. The number of rotatable bonds is 7. The van der Waals surface area contributed by atoms with Crippen LogP contribution >= 0.6 is 0 Å². The Morgan fingerprint density at radius 1 is 0.929 bits per heavy atom. The molecular formula is C19H20N2O6S. The Balaban J connectivity index is 1.74. The summed E-state index contributed by atoms with van der Waals surface area (Å²) in [6, 6.07) is 10.8. The van der Waals surface area contributed by atoms with Crippen LogP contribution in [0.1, 0.15) is 18.4 Å². The van der Waals surface area contributed by atoms with Crippen LogP contribution in [0.4, 0.5) is 5.69 Å². The monoisotopic (exact) mass is 404 g/mol.